The minimum atomic E-state index is -1.10. The number of nitrogens with zero attached hydrogens (tertiary/aromatic N) is 2. The Morgan fingerprint density at radius 2 is 1.91 bits per heavy atom. The Kier molecular flexibility index (Phi) is 4.60. The molecule has 0 atom stereocenters. The van der Waals surface area contributed by atoms with E-state index < -0.39 is 5.97 Å². The van der Waals surface area contributed by atoms with Crippen molar-refractivity contribution in [3.8, 4) is 5.75 Å². The van der Waals surface area contributed by atoms with E-state index in [1.54, 1.807) is 0 Å². The summed E-state index contributed by atoms with van der Waals surface area (Å²) in [5, 5.41) is 12.3. The Labute approximate surface area is 129 Å². The van der Waals surface area contributed by atoms with E-state index in [4.69, 9.17) is 9.84 Å². The van der Waals surface area contributed by atoms with E-state index in [-0.39, 0.29) is 17.8 Å². The lowest BCUT2D eigenvalue weighted by Gasteiger charge is -2.21. The second-order valence-corrected chi connectivity index (χ2v) is 5.84. The van der Waals surface area contributed by atoms with Gasteiger partial charge in [0, 0.05) is 11.6 Å². The summed E-state index contributed by atoms with van der Waals surface area (Å²) in [6.45, 7) is 6.00. The number of aromatic carboxylic acids is 1. The van der Waals surface area contributed by atoms with Crippen LogP contribution in [0.25, 0.3) is 0 Å². The van der Waals surface area contributed by atoms with Crippen LogP contribution in [0.1, 0.15) is 37.1 Å². The van der Waals surface area contributed by atoms with Gasteiger partial charge in [-0.15, -0.1) is 0 Å². The van der Waals surface area contributed by atoms with E-state index in [1.807, 2.05) is 51.1 Å². The number of nitrogens with one attached hydrogen (secondary N) is 1. The number of ether oxygens (including phenoxy) is 1. The molecular formula is C16H19N3O3. The average molecular weight is 301 g/mol. The van der Waals surface area contributed by atoms with Crippen LogP contribution in [0.3, 0.4) is 0 Å². The number of rotatable bonds is 5. The van der Waals surface area contributed by atoms with E-state index in [2.05, 4.69) is 15.3 Å². The molecule has 0 aliphatic heterocycles. The van der Waals surface area contributed by atoms with E-state index in [9.17, 15) is 4.79 Å². The molecule has 0 unspecified atom stereocenters. The first-order chi connectivity index (χ1) is 10.3. The van der Waals surface area contributed by atoms with Crippen LogP contribution in [0.5, 0.6) is 5.75 Å². The van der Waals surface area contributed by atoms with Crippen LogP contribution in [-0.2, 0) is 6.61 Å². The molecule has 116 valence electrons. The molecule has 0 amide bonds. The van der Waals surface area contributed by atoms with Crippen LogP contribution in [-0.4, -0.2) is 26.6 Å². The molecule has 2 aromatic rings. The van der Waals surface area contributed by atoms with Gasteiger partial charge in [0.15, 0.2) is 11.5 Å². The number of carbonyl (C=O) groups is 1. The lowest BCUT2D eigenvalue weighted by molar-refractivity contribution is 0.0689. The quantitative estimate of drug-likeness (QED) is 0.883. The van der Waals surface area contributed by atoms with Crippen LogP contribution in [0.4, 0.5) is 5.82 Å². The number of aromatic nitrogens is 2. The fraction of sp³-hybridized carbons (Fsp3) is 0.312. The van der Waals surface area contributed by atoms with Crippen LogP contribution < -0.4 is 10.1 Å². The third kappa shape index (κ3) is 4.73. The van der Waals surface area contributed by atoms with Crippen molar-refractivity contribution in [1.29, 1.82) is 0 Å². The Morgan fingerprint density at radius 3 is 2.50 bits per heavy atom. The molecule has 1 aromatic carbocycles. The molecule has 22 heavy (non-hydrogen) atoms. The number of hydrogen-bond acceptors (Lipinski definition) is 5. The van der Waals surface area contributed by atoms with Gasteiger partial charge in [0.05, 0.1) is 0 Å². The van der Waals surface area contributed by atoms with Crippen molar-refractivity contribution in [2.45, 2.75) is 32.9 Å². The number of carboxylic acids is 1. The topological polar surface area (TPSA) is 84.3 Å². The number of hydrogen-bond donors (Lipinski definition) is 2. The summed E-state index contributed by atoms with van der Waals surface area (Å²) in [5.74, 6) is 0.361. The molecule has 0 aliphatic rings. The van der Waals surface area contributed by atoms with Gasteiger partial charge in [-0.3, -0.25) is 0 Å². The predicted molar refractivity (Wildman–Crippen MR) is 83.1 cm³/mol. The Morgan fingerprint density at radius 1 is 1.23 bits per heavy atom. The van der Waals surface area contributed by atoms with Crippen molar-refractivity contribution in [3.63, 3.8) is 0 Å². The summed E-state index contributed by atoms with van der Waals surface area (Å²) in [7, 11) is 0. The zero-order valence-electron chi connectivity index (χ0n) is 12.8. The fourth-order valence-corrected chi connectivity index (χ4v) is 1.78. The Bertz CT molecular complexity index is 651. The van der Waals surface area contributed by atoms with E-state index in [1.165, 1.54) is 6.07 Å². The minimum absolute atomic E-state index is 0.0617. The molecular weight excluding hydrogens is 282 g/mol. The molecule has 2 rings (SSSR count). The SMILES string of the molecule is CC(C)(C)Nc1cc(C(=O)O)nc(COc2ccccc2)n1. The van der Waals surface area contributed by atoms with Gasteiger partial charge in [-0.2, -0.15) is 0 Å². The zero-order chi connectivity index (χ0) is 16.2. The molecule has 6 nitrogen and oxygen atoms in total. The first-order valence-corrected chi connectivity index (χ1v) is 6.91. The van der Waals surface area contributed by atoms with Crippen LogP contribution >= 0.6 is 0 Å². The average Bonchev–Trinajstić information content (AvgIpc) is 2.44. The largest absolute Gasteiger partial charge is 0.486 e. The van der Waals surface area contributed by atoms with Gasteiger partial charge in [0.25, 0.3) is 0 Å². The first-order valence-electron chi connectivity index (χ1n) is 6.91. The van der Waals surface area contributed by atoms with Gasteiger partial charge < -0.3 is 15.2 Å². The number of anilines is 1. The van der Waals surface area contributed by atoms with Crippen LogP contribution in [0, 0.1) is 0 Å². The molecule has 0 aliphatic carbocycles. The second kappa shape index (κ2) is 6.43. The van der Waals surface area contributed by atoms with E-state index in [0.29, 0.717) is 17.4 Å². The molecule has 0 radical (unpaired) electrons. The molecule has 1 heterocycles. The summed E-state index contributed by atoms with van der Waals surface area (Å²) < 4.78 is 5.57. The summed E-state index contributed by atoms with van der Waals surface area (Å²) >= 11 is 0. The molecule has 0 saturated heterocycles. The fourth-order valence-electron chi connectivity index (χ4n) is 1.78. The normalized spacial score (nSPS) is 11.0. The van der Waals surface area contributed by atoms with Gasteiger partial charge in [-0.1, -0.05) is 18.2 Å². The molecule has 0 saturated carbocycles. The Balaban J connectivity index is 2.20. The van der Waals surface area contributed by atoms with Crippen molar-refractivity contribution >= 4 is 11.8 Å². The maximum atomic E-state index is 11.2. The lowest BCUT2D eigenvalue weighted by Crippen LogP contribution is -2.27. The highest BCUT2D eigenvalue weighted by atomic mass is 16.5. The molecule has 0 fully saturated rings. The highest BCUT2D eigenvalue weighted by Gasteiger charge is 2.15. The first kappa shape index (κ1) is 15.8. The summed E-state index contributed by atoms with van der Waals surface area (Å²) in [6, 6.07) is 10.6. The number of carboxylic acid groups (broad SMARTS) is 1. The zero-order valence-corrected chi connectivity index (χ0v) is 12.8. The molecule has 0 bridgehead atoms. The number of para-hydroxylation sites is 1. The molecule has 0 spiro atoms. The van der Waals surface area contributed by atoms with Gasteiger partial charge in [0.1, 0.15) is 18.2 Å². The van der Waals surface area contributed by atoms with Gasteiger partial charge in [-0.25, -0.2) is 14.8 Å². The summed E-state index contributed by atoms with van der Waals surface area (Å²) in [5.41, 5.74) is -0.296. The van der Waals surface area contributed by atoms with Crippen LogP contribution in [0.15, 0.2) is 36.4 Å². The molecule has 6 heteroatoms. The van der Waals surface area contributed by atoms with Crippen molar-refractivity contribution in [3.05, 3.63) is 47.9 Å². The van der Waals surface area contributed by atoms with E-state index >= 15 is 0 Å². The second-order valence-electron chi connectivity index (χ2n) is 5.84. The maximum absolute atomic E-state index is 11.2. The molecule has 1 aromatic heterocycles. The Hall–Kier alpha value is -2.63. The van der Waals surface area contributed by atoms with Crippen molar-refractivity contribution in [1.82, 2.24) is 9.97 Å². The minimum Gasteiger partial charge on any atom is -0.486 e. The summed E-state index contributed by atoms with van der Waals surface area (Å²) in [6.07, 6.45) is 0. The molecule has 2 N–H and O–H groups in total. The van der Waals surface area contributed by atoms with Crippen LogP contribution in [0.2, 0.25) is 0 Å². The third-order valence-corrected chi connectivity index (χ3v) is 2.61. The highest BCUT2D eigenvalue weighted by molar-refractivity contribution is 5.86. The lowest BCUT2D eigenvalue weighted by atomic mass is 10.1. The third-order valence-electron chi connectivity index (χ3n) is 2.61. The number of benzene rings is 1. The van der Waals surface area contributed by atoms with Crippen molar-refractivity contribution < 1.29 is 14.6 Å². The van der Waals surface area contributed by atoms with Crippen molar-refractivity contribution in [2.24, 2.45) is 0 Å². The predicted octanol–water partition coefficient (Wildman–Crippen LogP) is 2.96. The monoisotopic (exact) mass is 301 g/mol. The standard InChI is InChI=1S/C16H19N3O3/c1-16(2,3)19-13-9-12(15(20)21)17-14(18-13)10-22-11-7-5-4-6-8-11/h4-9H,10H2,1-3H3,(H,20,21)(H,17,18,19). The van der Waals surface area contributed by atoms with Gasteiger partial charge in [-0.05, 0) is 32.9 Å². The van der Waals surface area contributed by atoms with Gasteiger partial charge in [0.2, 0.25) is 0 Å². The summed E-state index contributed by atoms with van der Waals surface area (Å²) in [4.78, 5) is 19.5. The van der Waals surface area contributed by atoms with E-state index in [0.717, 1.165) is 0 Å². The van der Waals surface area contributed by atoms with Gasteiger partial charge >= 0.3 is 5.97 Å². The maximum Gasteiger partial charge on any atom is 0.354 e. The highest BCUT2D eigenvalue weighted by Crippen LogP contribution is 2.15. The van der Waals surface area contributed by atoms with Crippen molar-refractivity contribution in [2.75, 3.05) is 5.32 Å². The smallest absolute Gasteiger partial charge is 0.354 e.